The van der Waals surface area contributed by atoms with E-state index in [1.165, 1.54) is 19.2 Å². The Labute approximate surface area is 113 Å². The van der Waals surface area contributed by atoms with Crippen LogP contribution in [0.15, 0.2) is 16.5 Å². The van der Waals surface area contributed by atoms with E-state index in [0.29, 0.717) is 5.76 Å². The summed E-state index contributed by atoms with van der Waals surface area (Å²) in [5, 5.41) is 27.9. The fourth-order valence-corrected chi connectivity index (χ4v) is 1.96. The molecule has 8 heteroatoms. The zero-order valence-electron chi connectivity index (χ0n) is 10.6. The van der Waals surface area contributed by atoms with E-state index >= 15 is 0 Å². The molecule has 1 aliphatic heterocycles. The SMILES string of the molecule is COCc1ccc(C2(O)C(=O)OC(CC(O)O)C2=O)o1. The van der Waals surface area contributed by atoms with Gasteiger partial charge in [-0.2, -0.15) is 0 Å². The molecule has 0 bridgehead atoms. The summed E-state index contributed by atoms with van der Waals surface area (Å²) in [6.07, 6.45) is -3.78. The molecule has 0 aliphatic carbocycles. The van der Waals surface area contributed by atoms with Gasteiger partial charge in [0.25, 0.3) is 5.60 Å². The highest BCUT2D eigenvalue weighted by molar-refractivity contribution is 6.13. The highest BCUT2D eigenvalue weighted by Crippen LogP contribution is 2.34. The van der Waals surface area contributed by atoms with Gasteiger partial charge in [-0.3, -0.25) is 4.79 Å². The normalized spacial score (nSPS) is 26.4. The fraction of sp³-hybridized carbons (Fsp3) is 0.500. The Morgan fingerprint density at radius 1 is 1.40 bits per heavy atom. The Hall–Kier alpha value is -1.74. The average molecular weight is 286 g/mol. The standard InChI is InChI=1S/C12H14O8/c1-18-5-6-2-3-8(19-6)12(17)10(15)7(4-9(13)14)20-11(12)16/h2-3,7,9,13-14,17H,4-5H2,1H3. The lowest BCUT2D eigenvalue weighted by Crippen LogP contribution is -2.39. The number of cyclic esters (lactones) is 1. The second-order valence-electron chi connectivity index (χ2n) is 4.38. The Balaban J connectivity index is 2.28. The van der Waals surface area contributed by atoms with Crippen molar-refractivity contribution in [2.45, 2.75) is 31.0 Å². The third-order valence-electron chi connectivity index (χ3n) is 2.92. The maximum Gasteiger partial charge on any atom is 0.355 e. The van der Waals surface area contributed by atoms with Crippen LogP contribution >= 0.6 is 0 Å². The van der Waals surface area contributed by atoms with Crippen LogP contribution in [-0.4, -0.2) is 46.6 Å². The molecule has 0 amide bonds. The zero-order valence-corrected chi connectivity index (χ0v) is 10.6. The van der Waals surface area contributed by atoms with Gasteiger partial charge >= 0.3 is 5.97 Å². The highest BCUT2D eigenvalue weighted by Gasteiger charge is 2.59. The number of carbonyl (C=O) groups excluding carboxylic acids is 2. The van der Waals surface area contributed by atoms with Crippen LogP contribution in [0, 0.1) is 0 Å². The van der Waals surface area contributed by atoms with Crippen molar-refractivity contribution >= 4 is 11.8 Å². The number of ketones is 1. The van der Waals surface area contributed by atoms with Crippen molar-refractivity contribution in [3.05, 3.63) is 23.7 Å². The number of Topliss-reactive ketones (excluding diaryl/α,β-unsaturated/α-hetero) is 1. The third-order valence-corrected chi connectivity index (χ3v) is 2.92. The van der Waals surface area contributed by atoms with Gasteiger partial charge in [-0.05, 0) is 12.1 Å². The molecule has 1 aromatic rings. The van der Waals surface area contributed by atoms with Gasteiger partial charge in [-0.25, -0.2) is 4.79 Å². The van der Waals surface area contributed by atoms with E-state index in [0.717, 1.165) is 0 Å². The lowest BCUT2D eigenvalue weighted by molar-refractivity contribution is -0.159. The molecule has 2 unspecified atom stereocenters. The molecule has 1 aliphatic rings. The Morgan fingerprint density at radius 3 is 2.70 bits per heavy atom. The number of rotatable bonds is 5. The monoisotopic (exact) mass is 286 g/mol. The minimum Gasteiger partial charge on any atom is -0.459 e. The molecule has 2 heterocycles. The first kappa shape index (κ1) is 14.7. The predicted octanol–water partition coefficient (Wildman–Crippen LogP) is -1.19. The first-order chi connectivity index (χ1) is 9.39. The number of esters is 1. The van der Waals surface area contributed by atoms with Crippen LogP contribution in [0.2, 0.25) is 0 Å². The number of aliphatic hydroxyl groups is 3. The van der Waals surface area contributed by atoms with Crippen LogP contribution < -0.4 is 0 Å². The van der Waals surface area contributed by atoms with Crippen molar-refractivity contribution in [2.24, 2.45) is 0 Å². The Bertz CT molecular complexity index is 519. The number of hydrogen-bond donors (Lipinski definition) is 3. The van der Waals surface area contributed by atoms with Gasteiger partial charge in [-0.15, -0.1) is 0 Å². The lowest BCUT2D eigenvalue weighted by Gasteiger charge is -2.13. The van der Waals surface area contributed by atoms with Gasteiger partial charge < -0.3 is 29.2 Å². The number of ether oxygens (including phenoxy) is 2. The number of aliphatic hydroxyl groups excluding tert-OH is 1. The summed E-state index contributed by atoms with van der Waals surface area (Å²) in [4.78, 5) is 23.7. The molecule has 0 radical (unpaired) electrons. The van der Waals surface area contributed by atoms with E-state index < -0.39 is 36.2 Å². The molecule has 110 valence electrons. The molecule has 1 saturated heterocycles. The Morgan fingerprint density at radius 2 is 2.10 bits per heavy atom. The van der Waals surface area contributed by atoms with Crippen molar-refractivity contribution in [2.75, 3.05) is 7.11 Å². The third kappa shape index (κ3) is 2.34. The van der Waals surface area contributed by atoms with Gasteiger partial charge in [0.15, 0.2) is 18.2 Å². The smallest absolute Gasteiger partial charge is 0.355 e. The maximum absolute atomic E-state index is 12.0. The van der Waals surface area contributed by atoms with Gasteiger partial charge in [0.2, 0.25) is 5.78 Å². The summed E-state index contributed by atoms with van der Waals surface area (Å²) in [5.74, 6) is -2.16. The van der Waals surface area contributed by atoms with Crippen molar-refractivity contribution in [3.8, 4) is 0 Å². The summed E-state index contributed by atoms with van der Waals surface area (Å²) in [6.45, 7) is 0.109. The molecular weight excluding hydrogens is 272 g/mol. The molecular formula is C12H14O8. The average Bonchev–Trinajstić information content (AvgIpc) is 2.91. The number of furan rings is 1. The zero-order chi connectivity index (χ0) is 14.9. The molecule has 3 N–H and O–H groups in total. The van der Waals surface area contributed by atoms with Crippen LogP contribution in [0.1, 0.15) is 17.9 Å². The topological polar surface area (TPSA) is 126 Å². The minimum atomic E-state index is -2.56. The van der Waals surface area contributed by atoms with Crippen LogP contribution in [0.4, 0.5) is 0 Å². The molecule has 0 saturated carbocycles. The van der Waals surface area contributed by atoms with Crippen molar-refractivity contribution in [1.82, 2.24) is 0 Å². The van der Waals surface area contributed by atoms with E-state index in [4.69, 9.17) is 19.4 Å². The molecule has 1 aromatic heterocycles. The summed E-state index contributed by atoms with van der Waals surface area (Å²) in [6, 6.07) is 2.72. The van der Waals surface area contributed by atoms with Gasteiger partial charge in [0, 0.05) is 13.5 Å². The number of methoxy groups -OCH3 is 1. The number of carbonyl (C=O) groups is 2. The molecule has 2 rings (SSSR count). The second kappa shape index (κ2) is 5.33. The highest BCUT2D eigenvalue weighted by atomic mass is 16.6. The maximum atomic E-state index is 12.0. The van der Waals surface area contributed by atoms with Gasteiger partial charge in [-0.1, -0.05) is 0 Å². The van der Waals surface area contributed by atoms with Gasteiger partial charge in [0.1, 0.15) is 12.4 Å². The summed E-state index contributed by atoms with van der Waals surface area (Å²) in [5.41, 5.74) is -2.56. The molecule has 8 nitrogen and oxygen atoms in total. The number of hydrogen-bond acceptors (Lipinski definition) is 8. The van der Waals surface area contributed by atoms with Crippen LogP contribution in [-0.2, 0) is 31.3 Å². The molecule has 0 spiro atoms. The molecule has 0 aromatic carbocycles. The van der Waals surface area contributed by atoms with Crippen molar-refractivity contribution in [1.29, 1.82) is 0 Å². The van der Waals surface area contributed by atoms with Crippen molar-refractivity contribution in [3.63, 3.8) is 0 Å². The van der Waals surface area contributed by atoms with E-state index in [9.17, 15) is 14.7 Å². The molecule has 1 fully saturated rings. The fourth-order valence-electron chi connectivity index (χ4n) is 1.96. The largest absolute Gasteiger partial charge is 0.459 e. The summed E-state index contributed by atoms with van der Waals surface area (Å²) < 4.78 is 14.7. The van der Waals surface area contributed by atoms with Gasteiger partial charge in [0.05, 0.1) is 0 Å². The molecule has 20 heavy (non-hydrogen) atoms. The quantitative estimate of drug-likeness (QED) is 0.350. The first-order valence-electron chi connectivity index (χ1n) is 5.81. The predicted molar refractivity (Wildman–Crippen MR) is 61.0 cm³/mol. The Kier molecular flexibility index (Phi) is 3.91. The van der Waals surface area contributed by atoms with E-state index in [1.54, 1.807) is 0 Å². The second-order valence-corrected chi connectivity index (χ2v) is 4.38. The van der Waals surface area contributed by atoms with E-state index in [2.05, 4.69) is 4.74 Å². The molecule has 2 atom stereocenters. The first-order valence-corrected chi connectivity index (χ1v) is 5.81. The van der Waals surface area contributed by atoms with E-state index in [-0.39, 0.29) is 12.4 Å². The van der Waals surface area contributed by atoms with Crippen molar-refractivity contribution < 1.29 is 38.8 Å². The van der Waals surface area contributed by atoms with Crippen LogP contribution in [0.3, 0.4) is 0 Å². The summed E-state index contributed by atoms with van der Waals surface area (Å²) in [7, 11) is 1.44. The van der Waals surface area contributed by atoms with E-state index in [1.807, 2.05) is 0 Å². The summed E-state index contributed by atoms with van der Waals surface area (Å²) >= 11 is 0. The lowest BCUT2D eigenvalue weighted by atomic mass is 9.94. The minimum absolute atomic E-state index is 0.109. The van der Waals surface area contributed by atoms with Crippen LogP contribution in [0.25, 0.3) is 0 Å². The van der Waals surface area contributed by atoms with Crippen LogP contribution in [0.5, 0.6) is 0 Å².